The summed E-state index contributed by atoms with van der Waals surface area (Å²) in [6.07, 6.45) is 6.82. The number of aromatic nitrogens is 1. The van der Waals surface area contributed by atoms with Crippen molar-refractivity contribution in [3.8, 4) is 5.75 Å². The highest BCUT2D eigenvalue weighted by Gasteiger charge is 1.94. The number of rotatable bonds is 5. The predicted molar refractivity (Wildman–Crippen MR) is 69.6 cm³/mol. The predicted octanol–water partition coefficient (Wildman–Crippen LogP) is 2.70. The van der Waals surface area contributed by atoms with Crippen LogP contribution >= 0.6 is 0 Å². The van der Waals surface area contributed by atoms with Gasteiger partial charge in [0, 0.05) is 37.3 Å². The Balaban J connectivity index is 1.77. The van der Waals surface area contributed by atoms with Gasteiger partial charge in [-0.2, -0.15) is 0 Å². The summed E-state index contributed by atoms with van der Waals surface area (Å²) in [4.78, 5) is 4.30. The Morgan fingerprint density at radius 1 is 1.12 bits per heavy atom. The highest BCUT2D eigenvalue weighted by molar-refractivity contribution is 5.83. The molecule has 0 aliphatic heterocycles. The lowest BCUT2D eigenvalue weighted by molar-refractivity contribution is 0.474. The number of hydrogen-bond acceptors (Lipinski definition) is 2. The Morgan fingerprint density at radius 2 is 1.88 bits per heavy atom. The minimum Gasteiger partial charge on any atom is -0.507 e. The molecule has 1 N–H and O–H groups in total. The van der Waals surface area contributed by atoms with Crippen LogP contribution in [-0.2, 0) is 6.54 Å². The lowest BCUT2D eigenvalue weighted by Crippen LogP contribution is -1.96. The van der Waals surface area contributed by atoms with Gasteiger partial charge in [0.25, 0.3) is 0 Å². The van der Waals surface area contributed by atoms with E-state index in [1.54, 1.807) is 18.3 Å². The fourth-order valence-electron chi connectivity index (χ4n) is 1.62. The van der Waals surface area contributed by atoms with Gasteiger partial charge in [-0.1, -0.05) is 12.1 Å². The Kier molecular flexibility index (Phi) is 3.97. The second-order valence-electron chi connectivity index (χ2n) is 3.87. The second-order valence-corrected chi connectivity index (χ2v) is 3.87. The van der Waals surface area contributed by atoms with Gasteiger partial charge in [-0.15, -0.1) is 0 Å². The van der Waals surface area contributed by atoms with Gasteiger partial charge < -0.3 is 9.67 Å². The van der Waals surface area contributed by atoms with Gasteiger partial charge in [-0.3, -0.25) is 4.99 Å². The Morgan fingerprint density at radius 3 is 2.65 bits per heavy atom. The third-order valence-electron chi connectivity index (χ3n) is 2.54. The molecular formula is C14H16N2O. The maximum atomic E-state index is 9.52. The van der Waals surface area contributed by atoms with Crippen molar-refractivity contribution in [3.63, 3.8) is 0 Å². The zero-order chi connectivity index (χ0) is 11.9. The molecule has 0 fully saturated rings. The van der Waals surface area contributed by atoms with Crippen LogP contribution < -0.4 is 0 Å². The summed E-state index contributed by atoms with van der Waals surface area (Å²) in [7, 11) is 0. The van der Waals surface area contributed by atoms with Crippen molar-refractivity contribution in [2.75, 3.05) is 6.54 Å². The number of phenols is 1. The van der Waals surface area contributed by atoms with Crippen molar-refractivity contribution in [2.45, 2.75) is 13.0 Å². The van der Waals surface area contributed by atoms with Gasteiger partial charge in [0.2, 0.25) is 0 Å². The van der Waals surface area contributed by atoms with Crippen LogP contribution in [0, 0.1) is 0 Å². The molecule has 0 saturated carbocycles. The van der Waals surface area contributed by atoms with Crippen molar-refractivity contribution in [3.05, 3.63) is 54.4 Å². The molecule has 1 aromatic heterocycles. The SMILES string of the molecule is Oc1ccccc1C=NCCCn1cccc1. The number of hydrogen-bond donors (Lipinski definition) is 1. The van der Waals surface area contributed by atoms with Gasteiger partial charge in [0.05, 0.1) is 0 Å². The smallest absolute Gasteiger partial charge is 0.124 e. The number of nitrogens with zero attached hydrogens (tertiary/aromatic N) is 2. The summed E-state index contributed by atoms with van der Waals surface area (Å²) in [5, 5.41) is 9.52. The third kappa shape index (κ3) is 3.48. The van der Waals surface area contributed by atoms with E-state index in [1.165, 1.54) is 0 Å². The average molecular weight is 228 g/mol. The molecule has 1 heterocycles. The van der Waals surface area contributed by atoms with E-state index < -0.39 is 0 Å². The molecule has 3 heteroatoms. The van der Waals surface area contributed by atoms with Crippen molar-refractivity contribution in [1.29, 1.82) is 0 Å². The normalized spacial score (nSPS) is 11.1. The minimum atomic E-state index is 0.279. The van der Waals surface area contributed by atoms with Crippen LogP contribution in [0.3, 0.4) is 0 Å². The van der Waals surface area contributed by atoms with E-state index in [-0.39, 0.29) is 5.75 Å². The molecule has 88 valence electrons. The van der Waals surface area contributed by atoms with E-state index in [0.717, 1.165) is 25.1 Å². The molecule has 2 rings (SSSR count). The summed E-state index contributed by atoms with van der Waals surface area (Å²) in [5.41, 5.74) is 0.772. The van der Waals surface area contributed by atoms with Gasteiger partial charge in [-0.25, -0.2) is 0 Å². The summed E-state index contributed by atoms with van der Waals surface area (Å²) in [5.74, 6) is 0.279. The van der Waals surface area contributed by atoms with E-state index in [2.05, 4.69) is 9.56 Å². The molecule has 17 heavy (non-hydrogen) atoms. The van der Waals surface area contributed by atoms with E-state index in [9.17, 15) is 5.11 Å². The summed E-state index contributed by atoms with van der Waals surface area (Å²) >= 11 is 0. The topological polar surface area (TPSA) is 37.5 Å². The molecular weight excluding hydrogens is 212 g/mol. The molecule has 0 radical (unpaired) electrons. The van der Waals surface area contributed by atoms with Crippen LogP contribution in [-0.4, -0.2) is 22.4 Å². The first-order chi connectivity index (χ1) is 8.36. The zero-order valence-electron chi connectivity index (χ0n) is 9.66. The number of aromatic hydroxyl groups is 1. The zero-order valence-corrected chi connectivity index (χ0v) is 9.66. The lowest BCUT2D eigenvalue weighted by atomic mass is 10.2. The maximum Gasteiger partial charge on any atom is 0.124 e. The molecule has 0 saturated heterocycles. The van der Waals surface area contributed by atoms with Gasteiger partial charge in [0.1, 0.15) is 5.75 Å². The van der Waals surface area contributed by atoms with E-state index >= 15 is 0 Å². The van der Waals surface area contributed by atoms with Crippen LogP contribution in [0.2, 0.25) is 0 Å². The Labute approximate surface area is 101 Å². The van der Waals surface area contributed by atoms with Crippen LogP contribution in [0.5, 0.6) is 5.75 Å². The van der Waals surface area contributed by atoms with Crippen LogP contribution in [0.1, 0.15) is 12.0 Å². The molecule has 3 nitrogen and oxygen atoms in total. The Bertz CT molecular complexity index is 475. The average Bonchev–Trinajstić information content (AvgIpc) is 2.84. The van der Waals surface area contributed by atoms with Crippen molar-refractivity contribution < 1.29 is 5.11 Å². The van der Waals surface area contributed by atoms with Crippen LogP contribution in [0.4, 0.5) is 0 Å². The van der Waals surface area contributed by atoms with Crippen molar-refractivity contribution in [2.24, 2.45) is 4.99 Å². The molecule has 0 aliphatic rings. The largest absolute Gasteiger partial charge is 0.507 e. The standard InChI is InChI=1S/C14H16N2O/c17-14-7-2-1-6-13(14)12-15-8-5-11-16-9-3-4-10-16/h1-4,6-7,9-10,12,17H,5,8,11H2. The summed E-state index contributed by atoms with van der Waals surface area (Å²) in [6, 6.07) is 11.3. The van der Waals surface area contributed by atoms with Crippen molar-refractivity contribution in [1.82, 2.24) is 4.57 Å². The number of aliphatic imine (C=N–C) groups is 1. The van der Waals surface area contributed by atoms with E-state index in [4.69, 9.17) is 0 Å². The molecule has 0 atom stereocenters. The fourth-order valence-corrected chi connectivity index (χ4v) is 1.62. The van der Waals surface area contributed by atoms with Gasteiger partial charge in [-0.05, 0) is 30.7 Å². The van der Waals surface area contributed by atoms with Gasteiger partial charge >= 0.3 is 0 Å². The monoisotopic (exact) mass is 228 g/mol. The highest BCUT2D eigenvalue weighted by Crippen LogP contribution is 2.12. The van der Waals surface area contributed by atoms with Crippen LogP contribution in [0.25, 0.3) is 0 Å². The Hall–Kier alpha value is -2.03. The molecule has 0 aliphatic carbocycles. The quantitative estimate of drug-likeness (QED) is 0.620. The minimum absolute atomic E-state index is 0.279. The summed E-state index contributed by atoms with van der Waals surface area (Å²) < 4.78 is 2.13. The molecule has 2 aromatic rings. The van der Waals surface area contributed by atoms with Gasteiger partial charge in [0.15, 0.2) is 0 Å². The number of benzene rings is 1. The van der Waals surface area contributed by atoms with E-state index in [0.29, 0.717) is 0 Å². The molecule has 0 spiro atoms. The second kappa shape index (κ2) is 5.89. The van der Waals surface area contributed by atoms with E-state index in [1.807, 2.05) is 36.7 Å². The summed E-state index contributed by atoms with van der Waals surface area (Å²) in [6.45, 7) is 1.75. The fraction of sp³-hybridized carbons (Fsp3) is 0.214. The maximum absolute atomic E-state index is 9.52. The van der Waals surface area contributed by atoms with Crippen LogP contribution in [0.15, 0.2) is 53.8 Å². The lowest BCUT2D eigenvalue weighted by Gasteiger charge is -2.00. The molecule has 1 aromatic carbocycles. The molecule has 0 bridgehead atoms. The number of para-hydroxylation sites is 1. The number of phenolic OH excluding ortho intramolecular Hbond substituents is 1. The number of aryl methyl sites for hydroxylation is 1. The molecule has 0 amide bonds. The first kappa shape index (κ1) is 11.5. The first-order valence-corrected chi connectivity index (χ1v) is 5.75. The van der Waals surface area contributed by atoms with Crippen molar-refractivity contribution >= 4 is 6.21 Å². The third-order valence-corrected chi connectivity index (χ3v) is 2.54. The molecule has 0 unspecified atom stereocenters. The first-order valence-electron chi connectivity index (χ1n) is 5.75. The highest BCUT2D eigenvalue weighted by atomic mass is 16.3.